The third-order valence-electron chi connectivity index (χ3n) is 3.68. The number of aryl methyl sites for hydroxylation is 2. The molecule has 0 bridgehead atoms. The van der Waals surface area contributed by atoms with Crippen LogP contribution in [0.1, 0.15) is 45.8 Å². The molecule has 2 aromatic heterocycles. The maximum Gasteiger partial charge on any atom is 0.0897 e. The van der Waals surface area contributed by atoms with E-state index in [2.05, 4.69) is 22.5 Å². The van der Waals surface area contributed by atoms with Crippen molar-refractivity contribution in [2.45, 2.75) is 45.8 Å². The van der Waals surface area contributed by atoms with Gasteiger partial charge in [-0.2, -0.15) is 0 Å². The Kier molecular flexibility index (Phi) is 2.99. The van der Waals surface area contributed by atoms with E-state index in [1.54, 1.807) is 11.3 Å². The molecular weight excluding hydrogens is 244 g/mol. The second kappa shape index (κ2) is 4.52. The first kappa shape index (κ1) is 11.9. The van der Waals surface area contributed by atoms with E-state index in [0.29, 0.717) is 0 Å². The number of rotatable bonds is 2. The minimum absolute atomic E-state index is 0.267. The van der Waals surface area contributed by atoms with Crippen LogP contribution in [0.4, 0.5) is 0 Å². The van der Waals surface area contributed by atoms with Crippen molar-refractivity contribution in [2.75, 3.05) is 0 Å². The summed E-state index contributed by atoms with van der Waals surface area (Å²) < 4.78 is 2.34. The molecule has 2 aromatic rings. The first-order valence-electron chi connectivity index (χ1n) is 6.43. The van der Waals surface area contributed by atoms with Crippen LogP contribution in [-0.4, -0.2) is 14.7 Å². The zero-order valence-electron chi connectivity index (χ0n) is 10.8. The normalized spacial score (nSPS) is 18.9. The molecule has 1 aliphatic rings. The summed E-state index contributed by atoms with van der Waals surface area (Å²) >= 11 is 1.75. The number of aliphatic hydroxyl groups excluding tert-OH is 1. The minimum Gasteiger partial charge on any atom is -0.388 e. The molecule has 0 radical (unpaired) electrons. The van der Waals surface area contributed by atoms with E-state index in [1.165, 1.54) is 16.3 Å². The molecule has 1 unspecified atom stereocenters. The van der Waals surface area contributed by atoms with Gasteiger partial charge in [0.05, 0.1) is 17.7 Å². The Morgan fingerprint density at radius 3 is 3.06 bits per heavy atom. The largest absolute Gasteiger partial charge is 0.388 e. The summed E-state index contributed by atoms with van der Waals surface area (Å²) in [5.41, 5.74) is 3.70. The molecule has 0 spiro atoms. The van der Waals surface area contributed by atoms with E-state index in [1.807, 2.05) is 13.1 Å². The molecule has 1 atom stereocenters. The van der Waals surface area contributed by atoms with Crippen LogP contribution in [0.5, 0.6) is 0 Å². The van der Waals surface area contributed by atoms with Crippen LogP contribution in [0.2, 0.25) is 0 Å². The van der Waals surface area contributed by atoms with Crippen molar-refractivity contribution in [2.24, 2.45) is 0 Å². The monoisotopic (exact) mass is 262 g/mol. The zero-order chi connectivity index (χ0) is 12.7. The summed E-state index contributed by atoms with van der Waals surface area (Å²) in [7, 11) is 0. The van der Waals surface area contributed by atoms with Gasteiger partial charge in [0.15, 0.2) is 0 Å². The van der Waals surface area contributed by atoms with Crippen molar-refractivity contribution < 1.29 is 5.11 Å². The summed E-state index contributed by atoms with van der Waals surface area (Å²) in [6.07, 6.45) is 4.76. The van der Waals surface area contributed by atoms with Gasteiger partial charge in [0.1, 0.15) is 0 Å². The van der Waals surface area contributed by atoms with Gasteiger partial charge in [-0.3, -0.25) is 0 Å². The summed E-state index contributed by atoms with van der Waals surface area (Å²) in [6, 6.07) is 2.15. The third kappa shape index (κ3) is 1.99. The fourth-order valence-corrected chi connectivity index (χ4v) is 3.58. The average Bonchev–Trinajstić information content (AvgIpc) is 2.87. The molecule has 0 amide bonds. The van der Waals surface area contributed by atoms with Gasteiger partial charge in [0, 0.05) is 28.0 Å². The van der Waals surface area contributed by atoms with E-state index in [4.69, 9.17) is 0 Å². The van der Waals surface area contributed by atoms with E-state index in [-0.39, 0.29) is 6.10 Å². The van der Waals surface area contributed by atoms with Crippen LogP contribution >= 0.6 is 11.3 Å². The Balaban J connectivity index is 1.97. The Morgan fingerprint density at radius 2 is 2.33 bits per heavy atom. The van der Waals surface area contributed by atoms with Crippen molar-refractivity contribution in [1.29, 1.82) is 0 Å². The van der Waals surface area contributed by atoms with Gasteiger partial charge in [-0.1, -0.05) is 0 Å². The fraction of sp³-hybridized carbons (Fsp3) is 0.500. The molecule has 3 nitrogen and oxygen atoms in total. The molecule has 0 fully saturated rings. The topological polar surface area (TPSA) is 38.0 Å². The first-order valence-corrected chi connectivity index (χ1v) is 7.25. The number of thiazole rings is 1. The summed E-state index contributed by atoms with van der Waals surface area (Å²) in [5.74, 6) is 0. The van der Waals surface area contributed by atoms with Crippen LogP contribution in [0, 0.1) is 13.8 Å². The molecule has 1 aliphatic carbocycles. The highest BCUT2D eigenvalue weighted by atomic mass is 32.1. The van der Waals surface area contributed by atoms with Crippen LogP contribution in [0.3, 0.4) is 0 Å². The van der Waals surface area contributed by atoms with Crippen LogP contribution in [0.25, 0.3) is 0 Å². The minimum atomic E-state index is -0.267. The Hall–Kier alpha value is -1.13. The van der Waals surface area contributed by atoms with Crippen molar-refractivity contribution in [3.05, 3.63) is 39.1 Å². The lowest BCUT2D eigenvalue weighted by Crippen LogP contribution is -2.12. The van der Waals surface area contributed by atoms with Crippen LogP contribution < -0.4 is 0 Å². The Morgan fingerprint density at radius 1 is 1.50 bits per heavy atom. The van der Waals surface area contributed by atoms with Crippen molar-refractivity contribution in [3.63, 3.8) is 0 Å². The molecule has 2 heterocycles. The van der Waals surface area contributed by atoms with Crippen molar-refractivity contribution in [1.82, 2.24) is 9.55 Å². The Bertz CT molecular complexity index is 570. The Labute approximate surface area is 111 Å². The molecule has 18 heavy (non-hydrogen) atoms. The fourth-order valence-electron chi connectivity index (χ4n) is 2.80. The van der Waals surface area contributed by atoms with Gasteiger partial charge < -0.3 is 9.67 Å². The predicted molar refractivity (Wildman–Crippen MR) is 73.0 cm³/mol. The van der Waals surface area contributed by atoms with Crippen LogP contribution in [0.15, 0.2) is 12.3 Å². The van der Waals surface area contributed by atoms with Gasteiger partial charge in [-0.15, -0.1) is 11.3 Å². The number of nitrogens with zero attached hydrogens (tertiary/aromatic N) is 2. The summed E-state index contributed by atoms with van der Waals surface area (Å²) in [6.45, 7) is 5.05. The second-order valence-electron chi connectivity index (χ2n) is 5.03. The third-order valence-corrected chi connectivity index (χ3v) is 4.58. The molecule has 0 saturated heterocycles. The molecular formula is C14H18N2OS. The molecule has 96 valence electrons. The van der Waals surface area contributed by atoms with Gasteiger partial charge >= 0.3 is 0 Å². The van der Waals surface area contributed by atoms with E-state index in [9.17, 15) is 5.11 Å². The molecule has 0 aliphatic heterocycles. The highest BCUT2D eigenvalue weighted by Gasteiger charge is 2.23. The standard InChI is InChI=1S/C14H18N2OS/c1-9-6-12-13(4-3-5-14(12)17)16(9)8-11-7-15-10(2)18-11/h6-7,14,17H,3-5,8H2,1-2H3. The quantitative estimate of drug-likeness (QED) is 0.903. The molecule has 1 N–H and O–H groups in total. The summed E-state index contributed by atoms with van der Waals surface area (Å²) in [4.78, 5) is 5.60. The second-order valence-corrected chi connectivity index (χ2v) is 6.35. The molecule has 4 heteroatoms. The molecule has 0 saturated carbocycles. The SMILES string of the molecule is Cc1ncc(Cn2c(C)cc3c2CCCC3O)s1. The van der Waals surface area contributed by atoms with E-state index >= 15 is 0 Å². The lowest BCUT2D eigenvalue weighted by atomic mass is 9.95. The molecule has 0 aromatic carbocycles. The van der Waals surface area contributed by atoms with Gasteiger partial charge in [0.2, 0.25) is 0 Å². The number of hydrogen-bond donors (Lipinski definition) is 1. The average molecular weight is 262 g/mol. The van der Waals surface area contributed by atoms with Crippen LogP contribution in [-0.2, 0) is 13.0 Å². The van der Waals surface area contributed by atoms with E-state index in [0.717, 1.165) is 36.4 Å². The lowest BCUT2D eigenvalue weighted by molar-refractivity contribution is 0.156. The highest BCUT2D eigenvalue weighted by Crippen LogP contribution is 2.32. The number of fused-ring (bicyclic) bond motifs is 1. The van der Waals surface area contributed by atoms with Gasteiger partial charge in [-0.05, 0) is 39.2 Å². The number of hydrogen-bond acceptors (Lipinski definition) is 3. The molecule has 3 rings (SSSR count). The smallest absolute Gasteiger partial charge is 0.0897 e. The van der Waals surface area contributed by atoms with Gasteiger partial charge in [0.25, 0.3) is 0 Å². The van der Waals surface area contributed by atoms with E-state index < -0.39 is 0 Å². The first-order chi connectivity index (χ1) is 8.65. The van der Waals surface area contributed by atoms with Crippen molar-refractivity contribution >= 4 is 11.3 Å². The summed E-state index contributed by atoms with van der Waals surface area (Å²) in [5, 5.41) is 11.2. The highest BCUT2D eigenvalue weighted by molar-refractivity contribution is 7.11. The number of aliphatic hydroxyl groups is 1. The lowest BCUT2D eigenvalue weighted by Gasteiger charge is -2.20. The predicted octanol–water partition coefficient (Wildman–Crippen LogP) is 2.98. The van der Waals surface area contributed by atoms with Gasteiger partial charge in [-0.25, -0.2) is 4.98 Å². The maximum atomic E-state index is 10.0. The zero-order valence-corrected chi connectivity index (χ0v) is 11.6. The van der Waals surface area contributed by atoms with Crippen molar-refractivity contribution in [3.8, 4) is 0 Å². The maximum absolute atomic E-state index is 10.0. The number of aromatic nitrogens is 2.